The number of nitrogens with zero attached hydrogens (tertiary/aromatic N) is 3. The third-order valence-electron chi connectivity index (χ3n) is 4.56. The highest BCUT2D eigenvalue weighted by Crippen LogP contribution is 2.33. The summed E-state index contributed by atoms with van der Waals surface area (Å²) in [7, 11) is -3.41. The van der Waals surface area contributed by atoms with Gasteiger partial charge in [0.1, 0.15) is 9.22 Å². The molecule has 0 bridgehead atoms. The van der Waals surface area contributed by atoms with E-state index in [0.29, 0.717) is 40.8 Å². The molecule has 1 fully saturated rings. The molecule has 28 heavy (non-hydrogen) atoms. The first-order valence-electron chi connectivity index (χ1n) is 8.77. The lowest BCUT2D eigenvalue weighted by molar-refractivity contribution is 0.102. The maximum atomic E-state index is 12.6. The third-order valence-corrected chi connectivity index (χ3v) is 8.92. The Kier molecular flexibility index (Phi) is 5.54. The molecule has 10 heteroatoms. The quantitative estimate of drug-likeness (QED) is 0.664. The van der Waals surface area contributed by atoms with Gasteiger partial charge in [0.15, 0.2) is 0 Å². The van der Waals surface area contributed by atoms with Crippen molar-refractivity contribution in [2.75, 3.05) is 18.4 Å². The van der Waals surface area contributed by atoms with E-state index in [0.717, 1.165) is 5.01 Å². The van der Waals surface area contributed by atoms with E-state index < -0.39 is 10.0 Å². The lowest BCUT2D eigenvalue weighted by Gasteiger charge is -2.29. The van der Waals surface area contributed by atoms with Crippen LogP contribution in [0.1, 0.15) is 33.6 Å². The van der Waals surface area contributed by atoms with Gasteiger partial charge in [0, 0.05) is 24.7 Å². The van der Waals surface area contributed by atoms with Crippen LogP contribution in [0.2, 0.25) is 0 Å². The molecule has 0 unspecified atom stereocenters. The zero-order chi connectivity index (χ0) is 19.6. The molecule has 2 aromatic heterocycles. The van der Waals surface area contributed by atoms with Gasteiger partial charge in [0.25, 0.3) is 15.9 Å². The van der Waals surface area contributed by atoms with Crippen molar-refractivity contribution in [3.8, 4) is 0 Å². The summed E-state index contributed by atoms with van der Waals surface area (Å²) >= 11 is 2.51. The summed E-state index contributed by atoms with van der Waals surface area (Å²) in [5.74, 6) is -0.168. The Labute approximate surface area is 171 Å². The van der Waals surface area contributed by atoms with Crippen LogP contribution in [0.3, 0.4) is 0 Å². The third kappa shape index (κ3) is 4.00. The molecule has 4 rings (SSSR count). The van der Waals surface area contributed by atoms with Crippen molar-refractivity contribution in [1.29, 1.82) is 0 Å². The normalized spacial score (nSPS) is 16.1. The molecule has 1 amide bonds. The number of sulfonamides is 1. The van der Waals surface area contributed by atoms with Crippen LogP contribution in [0.25, 0.3) is 0 Å². The lowest BCUT2D eigenvalue weighted by atomic mass is 9.99. The number of nitrogens with one attached hydrogen (secondary N) is 1. The van der Waals surface area contributed by atoms with E-state index in [1.54, 1.807) is 17.5 Å². The van der Waals surface area contributed by atoms with Crippen LogP contribution >= 0.6 is 22.7 Å². The number of amides is 1. The van der Waals surface area contributed by atoms with Crippen LogP contribution in [0, 0.1) is 0 Å². The first kappa shape index (κ1) is 19.2. The van der Waals surface area contributed by atoms with Crippen LogP contribution in [0.4, 0.5) is 5.69 Å². The molecule has 3 heterocycles. The monoisotopic (exact) mass is 434 g/mol. The fourth-order valence-electron chi connectivity index (χ4n) is 3.08. The topological polar surface area (TPSA) is 92.3 Å². The number of aromatic nitrogens is 2. The minimum absolute atomic E-state index is 0.116. The van der Waals surface area contributed by atoms with E-state index >= 15 is 0 Å². The Balaban J connectivity index is 1.39. The average Bonchev–Trinajstić information content (AvgIpc) is 3.41. The molecule has 7 nitrogen and oxygen atoms in total. The van der Waals surface area contributed by atoms with Crippen LogP contribution in [-0.4, -0.2) is 41.9 Å². The van der Waals surface area contributed by atoms with E-state index in [9.17, 15) is 13.2 Å². The number of rotatable bonds is 5. The molecule has 0 atom stereocenters. The number of thiophene rings is 1. The molecule has 0 saturated carbocycles. The predicted octanol–water partition coefficient (Wildman–Crippen LogP) is 3.42. The van der Waals surface area contributed by atoms with Crippen molar-refractivity contribution in [1.82, 2.24) is 14.5 Å². The molecule has 1 aliphatic heterocycles. The second-order valence-electron chi connectivity index (χ2n) is 6.38. The smallest absolute Gasteiger partial charge is 0.286 e. The second kappa shape index (κ2) is 8.08. The van der Waals surface area contributed by atoms with Gasteiger partial charge in [-0.3, -0.25) is 4.79 Å². The minimum Gasteiger partial charge on any atom is -0.320 e. The summed E-state index contributed by atoms with van der Waals surface area (Å²) in [6.07, 6.45) is 1.33. The minimum atomic E-state index is -3.41. The van der Waals surface area contributed by atoms with Gasteiger partial charge < -0.3 is 5.32 Å². The lowest BCUT2D eigenvalue weighted by Crippen LogP contribution is -2.37. The molecule has 0 radical (unpaired) electrons. The van der Waals surface area contributed by atoms with E-state index in [4.69, 9.17) is 0 Å². The van der Waals surface area contributed by atoms with E-state index in [1.165, 1.54) is 27.0 Å². The number of benzene rings is 1. The Hall–Kier alpha value is -2.14. The first-order valence-corrected chi connectivity index (χ1v) is 11.9. The van der Waals surface area contributed by atoms with Gasteiger partial charge in [0.05, 0.1) is 0 Å². The van der Waals surface area contributed by atoms with E-state index in [-0.39, 0.29) is 11.8 Å². The van der Waals surface area contributed by atoms with Gasteiger partial charge in [-0.1, -0.05) is 35.6 Å². The summed E-state index contributed by atoms with van der Waals surface area (Å²) in [6, 6.07) is 12.6. The summed E-state index contributed by atoms with van der Waals surface area (Å²) in [5.41, 5.74) is 0.705. The van der Waals surface area contributed by atoms with Crippen molar-refractivity contribution >= 4 is 44.3 Å². The van der Waals surface area contributed by atoms with Crippen molar-refractivity contribution in [2.24, 2.45) is 0 Å². The average molecular weight is 435 g/mol. The maximum absolute atomic E-state index is 12.6. The van der Waals surface area contributed by atoms with Gasteiger partial charge in [-0.05, 0) is 36.4 Å². The maximum Gasteiger partial charge on any atom is 0.286 e. The van der Waals surface area contributed by atoms with Crippen LogP contribution in [0.5, 0.6) is 0 Å². The Morgan fingerprint density at radius 2 is 1.82 bits per heavy atom. The summed E-state index contributed by atoms with van der Waals surface area (Å²) in [6.45, 7) is 0.881. The second-order valence-corrected chi connectivity index (χ2v) is 10.5. The zero-order valence-corrected chi connectivity index (χ0v) is 17.3. The molecule has 1 saturated heterocycles. The summed E-state index contributed by atoms with van der Waals surface area (Å²) < 4.78 is 27.1. The Bertz CT molecular complexity index is 1040. The predicted molar refractivity (Wildman–Crippen MR) is 109 cm³/mol. The molecule has 1 aromatic carbocycles. The van der Waals surface area contributed by atoms with Gasteiger partial charge in [-0.15, -0.1) is 21.5 Å². The highest BCUT2D eigenvalue weighted by Gasteiger charge is 2.32. The molecule has 0 aliphatic carbocycles. The van der Waals surface area contributed by atoms with Crippen molar-refractivity contribution in [3.63, 3.8) is 0 Å². The van der Waals surface area contributed by atoms with Crippen LogP contribution in [-0.2, 0) is 10.0 Å². The van der Waals surface area contributed by atoms with Gasteiger partial charge in [-0.2, -0.15) is 4.31 Å². The van der Waals surface area contributed by atoms with E-state index in [1.807, 2.05) is 30.3 Å². The van der Waals surface area contributed by atoms with Gasteiger partial charge >= 0.3 is 0 Å². The van der Waals surface area contributed by atoms with Crippen LogP contribution in [0.15, 0.2) is 52.1 Å². The molecule has 1 N–H and O–H groups in total. The fourth-order valence-corrected chi connectivity index (χ4v) is 6.60. The molecule has 146 valence electrons. The largest absolute Gasteiger partial charge is 0.320 e. The van der Waals surface area contributed by atoms with Crippen molar-refractivity contribution in [2.45, 2.75) is 23.0 Å². The number of hydrogen-bond acceptors (Lipinski definition) is 7. The van der Waals surface area contributed by atoms with Gasteiger partial charge in [0.2, 0.25) is 5.01 Å². The van der Waals surface area contributed by atoms with Gasteiger partial charge in [-0.25, -0.2) is 8.42 Å². The summed E-state index contributed by atoms with van der Waals surface area (Å²) in [4.78, 5) is 12.3. The molecule has 3 aromatic rings. The number of piperidine rings is 1. The number of hydrogen-bond donors (Lipinski definition) is 1. The molecule has 1 aliphatic rings. The molecular weight excluding hydrogens is 416 g/mol. The first-order chi connectivity index (χ1) is 13.5. The highest BCUT2D eigenvalue weighted by molar-refractivity contribution is 7.91. The SMILES string of the molecule is O=C(Nc1ccccc1)c1nnc(C2CCN(S(=O)(=O)c3cccs3)CC2)s1. The molecule has 0 spiro atoms. The molecular formula is C18H18N4O3S3. The standard InChI is InChI=1S/C18H18N4O3S3/c23-16(19-14-5-2-1-3-6-14)18-21-20-17(27-18)13-8-10-22(11-9-13)28(24,25)15-7-4-12-26-15/h1-7,12-13H,8-11H2,(H,19,23). The van der Waals surface area contributed by atoms with E-state index in [2.05, 4.69) is 15.5 Å². The number of para-hydroxylation sites is 1. The number of anilines is 1. The number of carbonyl (C=O) groups excluding carboxylic acids is 1. The van der Waals surface area contributed by atoms with Crippen molar-refractivity contribution < 1.29 is 13.2 Å². The zero-order valence-electron chi connectivity index (χ0n) is 14.8. The Morgan fingerprint density at radius 1 is 1.07 bits per heavy atom. The van der Waals surface area contributed by atoms with Crippen molar-refractivity contribution in [3.05, 3.63) is 57.9 Å². The highest BCUT2D eigenvalue weighted by atomic mass is 32.2. The Morgan fingerprint density at radius 3 is 2.50 bits per heavy atom. The fraction of sp³-hybridized carbons (Fsp3) is 0.278. The number of carbonyl (C=O) groups is 1. The summed E-state index contributed by atoms with van der Waals surface area (Å²) in [5, 5.41) is 13.9. The van der Waals surface area contributed by atoms with Crippen LogP contribution < -0.4 is 5.32 Å².